The number of sulfonamides is 1. The summed E-state index contributed by atoms with van der Waals surface area (Å²) in [6.07, 6.45) is 0. The van der Waals surface area contributed by atoms with Gasteiger partial charge in [-0.15, -0.1) is 0 Å². The lowest BCUT2D eigenvalue weighted by molar-refractivity contribution is 0.0951. The second kappa shape index (κ2) is 10.6. The molecular formula is C18H27N7O3S. The highest BCUT2D eigenvalue weighted by molar-refractivity contribution is 7.89. The highest BCUT2D eigenvalue weighted by atomic mass is 32.2. The lowest BCUT2D eigenvalue weighted by Gasteiger charge is -2.13. The number of primary sulfonamides is 1. The van der Waals surface area contributed by atoms with Crippen LogP contribution in [0.2, 0.25) is 0 Å². The van der Waals surface area contributed by atoms with Crippen molar-refractivity contribution < 1.29 is 13.2 Å². The van der Waals surface area contributed by atoms with E-state index in [9.17, 15) is 13.2 Å². The molecule has 158 valence electrons. The van der Waals surface area contributed by atoms with Gasteiger partial charge in [-0.1, -0.05) is 24.3 Å². The summed E-state index contributed by atoms with van der Waals surface area (Å²) in [5, 5.41) is 15.8. The zero-order chi connectivity index (χ0) is 22.2. The molecule has 0 aliphatic carbocycles. The first kappa shape index (κ1) is 24.2. The molecule has 29 heavy (non-hydrogen) atoms. The summed E-state index contributed by atoms with van der Waals surface area (Å²) in [6.45, 7) is 1.25. The van der Waals surface area contributed by atoms with Gasteiger partial charge in [0, 0.05) is 24.2 Å². The number of amides is 1. The van der Waals surface area contributed by atoms with E-state index in [1.807, 2.05) is 19.0 Å². The van der Waals surface area contributed by atoms with Crippen LogP contribution in [0.5, 0.6) is 0 Å². The number of hydrogen-bond acceptors (Lipinski definition) is 7. The van der Waals surface area contributed by atoms with Crippen molar-refractivity contribution in [1.29, 1.82) is 5.41 Å². The van der Waals surface area contributed by atoms with E-state index in [0.29, 0.717) is 23.2 Å². The summed E-state index contributed by atoms with van der Waals surface area (Å²) in [6, 6.07) is 11.1. The first-order valence-electron chi connectivity index (χ1n) is 8.48. The Labute approximate surface area is 170 Å². The van der Waals surface area contributed by atoms with E-state index in [1.165, 1.54) is 12.1 Å². The van der Waals surface area contributed by atoms with Gasteiger partial charge >= 0.3 is 0 Å². The molecule has 0 saturated carbocycles. The number of nitrogen functional groups attached to an aromatic ring is 1. The maximum atomic E-state index is 12.2. The number of amidine groups is 1. The number of likely N-dealkylation sites (N-methyl/N-ethyl adjacent to an activating group) is 1. The summed E-state index contributed by atoms with van der Waals surface area (Å²) >= 11 is 0. The SMILES string of the molecule is CN(C)CCNC(=O)c1ccc(-c2cccc(S(N)(=O)=O)c2C(=N)N)cc1.NN. The highest BCUT2D eigenvalue weighted by Crippen LogP contribution is 2.28. The molecule has 2 rings (SSSR count). The summed E-state index contributed by atoms with van der Waals surface area (Å²) in [5.74, 6) is 7.40. The number of carbonyl (C=O) groups is 1. The Morgan fingerprint density at radius 2 is 1.69 bits per heavy atom. The molecule has 2 aromatic rings. The fourth-order valence-electron chi connectivity index (χ4n) is 2.58. The van der Waals surface area contributed by atoms with E-state index < -0.39 is 15.9 Å². The summed E-state index contributed by atoms with van der Waals surface area (Å²) < 4.78 is 23.6. The van der Waals surface area contributed by atoms with Crippen molar-refractivity contribution >= 4 is 21.8 Å². The Hall–Kier alpha value is -2.83. The van der Waals surface area contributed by atoms with Gasteiger partial charge in [0.1, 0.15) is 5.84 Å². The van der Waals surface area contributed by atoms with Crippen LogP contribution >= 0.6 is 0 Å². The predicted octanol–water partition coefficient (Wildman–Crippen LogP) is -0.605. The first-order chi connectivity index (χ1) is 13.6. The largest absolute Gasteiger partial charge is 0.384 e. The van der Waals surface area contributed by atoms with Crippen molar-refractivity contribution in [3.8, 4) is 11.1 Å². The van der Waals surface area contributed by atoms with E-state index in [-0.39, 0.29) is 16.4 Å². The van der Waals surface area contributed by atoms with Gasteiger partial charge in [0.25, 0.3) is 5.91 Å². The van der Waals surface area contributed by atoms with Crippen molar-refractivity contribution in [2.75, 3.05) is 27.2 Å². The molecule has 0 aliphatic rings. The Morgan fingerprint density at radius 1 is 1.10 bits per heavy atom. The Balaban J connectivity index is 0.00000204. The van der Waals surface area contributed by atoms with Crippen LogP contribution in [0.1, 0.15) is 15.9 Å². The number of nitrogens with two attached hydrogens (primary N) is 4. The fraction of sp³-hybridized carbons (Fsp3) is 0.222. The van der Waals surface area contributed by atoms with Crippen molar-refractivity contribution in [3.05, 3.63) is 53.6 Å². The Kier molecular flexibility index (Phi) is 8.88. The van der Waals surface area contributed by atoms with Crippen LogP contribution in [0.25, 0.3) is 11.1 Å². The summed E-state index contributed by atoms with van der Waals surface area (Å²) in [4.78, 5) is 13.9. The molecule has 0 saturated heterocycles. The molecular weight excluding hydrogens is 394 g/mol. The molecule has 0 bridgehead atoms. The third kappa shape index (κ3) is 6.62. The molecule has 0 heterocycles. The molecule has 0 atom stereocenters. The fourth-order valence-corrected chi connectivity index (χ4v) is 3.36. The molecule has 0 aliphatic heterocycles. The zero-order valence-corrected chi connectivity index (χ0v) is 17.2. The minimum Gasteiger partial charge on any atom is -0.384 e. The molecule has 0 unspecified atom stereocenters. The second-order valence-electron chi connectivity index (χ2n) is 6.27. The van der Waals surface area contributed by atoms with Crippen LogP contribution in [-0.4, -0.2) is 52.2 Å². The van der Waals surface area contributed by atoms with Gasteiger partial charge in [0.15, 0.2) is 0 Å². The standard InChI is InChI=1S/C18H23N5O3S.H4N2/c1-23(2)11-10-22-18(24)13-8-6-12(7-9-13)14-4-3-5-15(27(21,25)26)16(14)17(19)20;1-2/h3-9H,10-11H2,1-2H3,(H3,19,20)(H,22,24)(H2,21,25,26);1-2H2. The van der Waals surface area contributed by atoms with E-state index in [2.05, 4.69) is 17.0 Å². The summed E-state index contributed by atoms with van der Waals surface area (Å²) in [7, 11) is -0.197. The highest BCUT2D eigenvalue weighted by Gasteiger charge is 2.20. The monoisotopic (exact) mass is 421 g/mol. The molecule has 11 heteroatoms. The number of hydrazine groups is 1. The van der Waals surface area contributed by atoms with E-state index in [0.717, 1.165) is 6.54 Å². The lowest BCUT2D eigenvalue weighted by atomic mass is 9.98. The van der Waals surface area contributed by atoms with Gasteiger partial charge in [-0.2, -0.15) is 0 Å². The number of rotatable bonds is 7. The molecule has 0 aromatic heterocycles. The van der Waals surface area contributed by atoms with Gasteiger partial charge in [-0.05, 0) is 43.4 Å². The number of nitrogens with zero attached hydrogens (tertiary/aromatic N) is 1. The van der Waals surface area contributed by atoms with Crippen LogP contribution in [-0.2, 0) is 10.0 Å². The molecule has 0 fully saturated rings. The van der Waals surface area contributed by atoms with Crippen LogP contribution < -0.4 is 27.9 Å². The van der Waals surface area contributed by atoms with E-state index >= 15 is 0 Å². The molecule has 0 spiro atoms. The quantitative estimate of drug-likeness (QED) is 0.148. The van der Waals surface area contributed by atoms with Gasteiger partial charge in [0.05, 0.1) is 4.90 Å². The smallest absolute Gasteiger partial charge is 0.251 e. The van der Waals surface area contributed by atoms with Crippen molar-refractivity contribution in [1.82, 2.24) is 10.2 Å². The van der Waals surface area contributed by atoms with Crippen LogP contribution in [0, 0.1) is 5.41 Å². The van der Waals surface area contributed by atoms with Gasteiger partial charge in [0.2, 0.25) is 10.0 Å². The van der Waals surface area contributed by atoms with Crippen molar-refractivity contribution in [3.63, 3.8) is 0 Å². The molecule has 1 amide bonds. The van der Waals surface area contributed by atoms with Crippen LogP contribution in [0.3, 0.4) is 0 Å². The first-order valence-corrected chi connectivity index (χ1v) is 10.0. The van der Waals surface area contributed by atoms with E-state index in [1.54, 1.807) is 30.3 Å². The third-order valence-electron chi connectivity index (χ3n) is 3.90. The normalized spacial score (nSPS) is 10.8. The maximum Gasteiger partial charge on any atom is 0.251 e. The number of nitrogens with one attached hydrogen (secondary N) is 2. The topological polar surface area (TPSA) is 194 Å². The average molecular weight is 422 g/mol. The van der Waals surface area contributed by atoms with Crippen LogP contribution in [0.4, 0.5) is 0 Å². The zero-order valence-electron chi connectivity index (χ0n) is 16.3. The van der Waals surface area contributed by atoms with Gasteiger partial charge < -0.3 is 16.0 Å². The average Bonchev–Trinajstić information content (AvgIpc) is 2.68. The van der Waals surface area contributed by atoms with Gasteiger partial charge in [-0.25, -0.2) is 13.6 Å². The van der Waals surface area contributed by atoms with Crippen molar-refractivity contribution in [2.24, 2.45) is 22.6 Å². The summed E-state index contributed by atoms with van der Waals surface area (Å²) in [5.41, 5.74) is 7.20. The number of benzene rings is 2. The van der Waals surface area contributed by atoms with Gasteiger partial charge in [-0.3, -0.25) is 21.9 Å². The second-order valence-corrected chi connectivity index (χ2v) is 7.80. The predicted molar refractivity (Wildman–Crippen MR) is 114 cm³/mol. The lowest BCUT2D eigenvalue weighted by Crippen LogP contribution is -2.31. The van der Waals surface area contributed by atoms with E-state index in [4.69, 9.17) is 16.3 Å². The maximum absolute atomic E-state index is 12.2. The third-order valence-corrected chi connectivity index (χ3v) is 4.86. The molecule has 10 N–H and O–H groups in total. The number of hydrogen-bond donors (Lipinski definition) is 6. The minimum atomic E-state index is -4.04. The minimum absolute atomic E-state index is 0.0446. The number of carbonyl (C=O) groups excluding carboxylic acids is 1. The Morgan fingerprint density at radius 3 is 2.17 bits per heavy atom. The molecule has 0 radical (unpaired) electrons. The molecule has 2 aromatic carbocycles. The Bertz CT molecular complexity index is 958. The van der Waals surface area contributed by atoms with Crippen molar-refractivity contribution in [2.45, 2.75) is 4.90 Å². The van der Waals surface area contributed by atoms with Crippen LogP contribution in [0.15, 0.2) is 47.4 Å². The molecule has 10 nitrogen and oxygen atoms in total.